The molecule has 0 spiro atoms. The average molecular weight is 455 g/mol. The van der Waals surface area contributed by atoms with Crippen LogP contribution < -0.4 is 19.7 Å². The number of halogens is 2. The molecule has 1 aliphatic rings. The number of amides is 2. The number of rotatable bonds is 7. The molecule has 32 heavy (non-hydrogen) atoms. The fraction of sp³-hybridized carbons (Fsp3) is 0.167. The first kappa shape index (κ1) is 21.6. The van der Waals surface area contributed by atoms with Gasteiger partial charge in [0.1, 0.15) is 17.7 Å². The third-order valence-electron chi connectivity index (χ3n) is 5.03. The number of carbonyl (C=O) groups excluding carboxylic acids is 2. The molecule has 0 radical (unpaired) electrons. The Bertz CT molecular complexity index is 1130. The van der Waals surface area contributed by atoms with E-state index in [4.69, 9.17) is 21.1 Å². The first-order chi connectivity index (χ1) is 15.6. The van der Waals surface area contributed by atoms with Crippen LogP contribution in [0.3, 0.4) is 0 Å². The Kier molecular flexibility index (Phi) is 6.56. The Balaban J connectivity index is 1.74. The zero-order chi connectivity index (χ0) is 22.5. The molecule has 164 valence electrons. The summed E-state index contributed by atoms with van der Waals surface area (Å²) in [5.74, 6) is -1.18. The summed E-state index contributed by atoms with van der Waals surface area (Å²) in [6, 6.07) is 18.7. The van der Waals surface area contributed by atoms with Gasteiger partial charge in [-0.15, -0.1) is 11.6 Å². The van der Waals surface area contributed by atoms with Gasteiger partial charge in [-0.2, -0.15) is 0 Å². The maximum absolute atomic E-state index is 14.8. The van der Waals surface area contributed by atoms with E-state index in [-0.39, 0.29) is 18.9 Å². The van der Waals surface area contributed by atoms with Crippen molar-refractivity contribution in [3.8, 4) is 11.5 Å². The summed E-state index contributed by atoms with van der Waals surface area (Å²) in [4.78, 5) is 27.5. The lowest BCUT2D eigenvalue weighted by atomic mass is 10.0. The summed E-state index contributed by atoms with van der Waals surface area (Å²) in [5, 5.41) is 2.81. The molecule has 0 saturated heterocycles. The largest absolute Gasteiger partial charge is 0.454 e. The van der Waals surface area contributed by atoms with Gasteiger partial charge in [0, 0.05) is 23.9 Å². The van der Waals surface area contributed by atoms with Crippen molar-refractivity contribution in [3.63, 3.8) is 0 Å². The number of nitrogens with one attached hydrogen (secondary N) is 1. The Labute approximate surface area is 189 Å². The predicted molar refractivity (Wildman–Crippen MR) is 118 cm³/mol. The minimum atomic E-state index is -1.29. The Morgan fingerprint density at radius 1 is 1.00 bits per heavy atom. The van der Waals surface area contributed by atoms with E-state index in [1.54, 1.807) is 24.3 Å². The lowest BCUT2D eigenvalue weighted by molar-refractivity contribution is -0.126. The van der Waals surface area contributed by atoms with E-state index in [0.29, 0.717) is 17.2 Å². The normalized spacial score (nSPS) is 12.8. The highest BCUT2D eigenvalue weighted by molar-refractivity contribution is 6.29. The van der Waals surface area contributed by atoms with Gasteiger partial charge in [-0.1, -0.05) is 48.5 Å². The maximum Gasteiger partial charge on any atom is 0.248 e. The second-order valence-corrected chi connectivity index (χ2v) is 7.33. The molecular weight excluding hydrogens is 435 g/mol. The van der Waals surface area contributed by atoms with E-state index in [1.807, 2.05) is 30.3 Å². The molecule has 1 N–H and O–H groups in total. The van der Waals surface area contributed by atoms with Crippen LogP contribution in [0.2, 0.25) is 0 Å². The zero-order valence-electron chi connectivity index (χ0n) is 17.0. The fourth-order valence-electron chi connectivity index (χ4n) is 3.51. The van der Waals surface area contributed by atoms with Crippen molar-refractivity contribution in [1.82, 2.24) is 5.32 Å². The van der Waals surface area contributed by atoms with Crippen LogP contribution in [-0.2, 0) is 16.1 Å². The zero-order valence-corrected chi connectivity index (χ0v) is 17.7. The molecule has 8 heteroatoms. The Morgan fingerprint density at radius 2 is 1.72 bits per heavy atom. The Hall–Kier alpha value is -3.58. The summed E-state index contributed by atoms with van der Waals surface area (Å²) < 4.78 is 25.6. The highest BCUT2D eigenvalue weighted by Gasteiger charge is 2.34. The number of benzene rings is 3. The molecule has 3 aromatic carbocycles. The lowest BCUT2D eigenvalue weighted by Gasteiger charge is -2.31. The van der Waals surface area contributed by atoms with Crippen molar-refractivity contribution in [2.45, 2.75) is 12.6 Å². The minimum absolute atomic E-state index is 0.0502. The number of nitrogens with zero attached hydrogens (tertiary/aromatic N) is 1. The van der Waals surface area contributed by atoms with Crippen molar-refractivity contribution in [3.05, 3.63) is 89.7 Å². The highest BCUT2D eigenvalue weighted by atomic mass is 35.5. The smallest absolute Gasteiger partial charge is 0.248 e. The first-order valence-corrected chi connectivity index (χ1v) is 10.5. The van der Waals surface area contributed by atoms with Crippen LogP contribution in [0.4, 0.5) is 10.1 Å². The molecule has 1 heterocycles. The van der Waals surface area contributed by atoms with Gasteiger partial charge in [0.25, 0.3) is 0 Å². The van der Waals surface area contributed by atoms with Crippen molar-refractivity contribution in [2.75, 3.05) is 17.6 Å². The molecule has 2 amide bonds. The molecule has 0 bridgehead atoms. The van der Waals surface area contributed by atoms with E-state index < -0.39 is 29.6 Å². The van der Waals surface area contributed by atoms with E-state index in [0.717, 1.165) is 5.56 Å². The molecule has 4 rings (SSSR count). The monoisotopic (exact) mass is 454 g/mol. The van der Waals surface area contributed by atoms with Gasteiger partial charge in [-0.05, 0) is 23.8 Å². The highest BCUT2D eigenvalue weighted by Crippen LogP contribution is 2.38. The number of anilines is 1. The Morgan fingerprint density at radius 3 is 2.47 bits per heavy atom. The van der Waals surface area contributed by atoms with Crippen LogP contribution in [-0.4, -0.2) is 24.5 Å². The first-order valence-electron chi connectivity index (χ1n) is 9.92. The van der Waals surface area contributed by atoms with Gasteiger partial charge < -0.3 is 14.8 Å². The molecular formula is C24H20ClFN2O4. The summed E-state index contributed by atoms with van der Waals surface area (Å²) in [6.45, 7) is 0.269. The SMILES string of the molecule is O=C(NCc1ccccc1)C(c1ccccc1F)N(C(=O)CCl)c1ccc2c(c1)OCO2. The standard InChI is InChI=1S/C24H20ClFN2O4/c25-13-22(29)28(17-10-11-20-21(12-17)32-15-31-20)23(18-8-4-5-9-19(18)26)24(30)27-14-16-6-2-1-3-7-16/h1-12,23H,13-15H2,(H,27,30). The third kappa shape index (κ3) is 4.53. The maximum atomic E-state index is 14.8. The van der Waals surface area contributed by atoms with Crippen molar-refractivity contribution >= 4 is 29.1 Å². The van der Waals surface area contributed by atoms with E-state index >= 15 is 0 Å². The molecule has 6 nitrogen and oxygen atoms in total. The van der Waals surface area contributed by atoms with Gasteiger partial charge in [-0.3, -0.25) is 14.5 Å². The fourth-order valence-corrected chi connectivity index (χ4v) is 3.64. The van der Waals surface area contributed by atoms with E-state index in [9.17, 15) is 14.0 Å². The van der Waals surface area contributed by atoms with Gasteiger partial charge in [0.15, 0.2) is 11.5 Å². The lowest BCUT2D eigenvalue weighted by Crippen LogP contribution is -2.44. The summed E-state index contributed by atoms with van der Waals surface area (Å²) in [7, 11) is 0. The minimum Gasteiger partial charge on any atom is -0.454 e. The van der Waals surface area contributed by atoms with Crippen LogP contribution in [0.1, 0.15) is 17.2 Å². The molecule has 0 aliphatic carbocycles. The van der Waals surface area contributed by atoms with Crippen molar-refractivity contribution in [1.29, 1.82) is 0 Å². The van der Waals surface area contributed by atoms with Crippen LogP contribution in [0.15, 0.2) is 72.8 Å². The molecule has 1 unspecified atom stereocenters. The molecule has 0 aromatic heterocycles. The third-order valence-corrected chi connectivity index (χ3v) is 5.26. The number of ether oxygens (including phenoxy) is 2. The van der Waals surface area contributed by atoms with Crippen LogP contribution in [0.5, 0.6) is 11.5 Å². The summed E-state index contributed by atoms with van der Waals surface area (Å²) >= 11 is 5.89. The van der Waals surface area contributed by atoms with Crippen LogP contribution >= 0.6 is 11.6 Å². The van der Waals surface area contributed by atoms with Gasteiger partial charge in [0.2, 0.25) is 18.6 Å². The molecule has 3 aromatic rings. The van der Waals surface area contributed by atoms with Gasteiger partial charge >= 0.3 is 0 Å². The summed E-state index contributed by atoms with van der Waals surface area (Å²) in [6.07, 6.45) is 0. The number of fused-ring (bicyclic) bond motifs is 1. The predicted octanol–water partition coefficient (Wildman–Crippen LogP) is 4.18. The summed E-state index contributed by atoms with van der Waals surface area (Å²) in [5.41, 5.74) is 1.25. The second kappa shape index (κ2) is 9.70. The van der Waals surface area contributed by atoms with Gasteiger partial charge in [-0.25, -0.2) is 4.39 Å². The molecule has 0 saturated carbocycles. The number of carbonyl (C=O) groups is 2. The van der Waals surface area contributed by atoms with Gasteiger partial charge in [0.05, 0.1) is 0 Å². The number of alkyl halides is 1. The molecule has 1 atom stereocenters. The second-order valence-electron chi connectivity index (χ2n) is 7.06. The molecule has 0 fully saturated rings. The van der Waals surface area contributed by atoms with Crippen LogP contribution in [0.25, 0.3) is 0 Å². The topological polar surface area (TPSA) is 67.9 Å². The quantitative estimate of drug-likeness (QED) is 0.544. The molecule has 1 aliphatic heterocycles. The number of hydrogen-bond donors (Lipinski definition) is 1. The van der Waals surface area contributed by atoms with E-state index in [2.05, 4.69) is 5.32 Å². The van der Waals surface area contributed by atoms with Crippen molar-refractivity contribution < 1.29 is 23.5 Å². The van der Waals surface area contributed by atoms with Crippen LogP contribution in [0, 0.1) is 5.82 Å². The van der Waals surface area contributed by atoms with Crippen molar-refractivity contribution in [2.24, 2.45) is 0 Å². The van der Waals surface area contributed by atoms with E-state index in [1.165, 1.54) is 23.1 Å². The number of hydrogen-bond acceptors (Lipinski definition) is 4. The average Bonchev–Trinajstić information content (AvgIpc) is 3.30.